The molecule has 0 atom stereocenters. The molecule has 0 bridgehead atoms. The summed E-state index contributed by atoms with van der Waals surface area (Å²) in [6.07, 6.45) is 0. The van der Waals surface area contributed by atoms with Gasteiger partial charge in [-0.3, -0.25) is 0 Å². The Hall–Kier alpha value is -0.440. The van der Waals surface area contributed by atoms with Crippen molar-refractivity contribution in [2.45, 2.75) is 0 Å². The minimum Gasteiger partial charge on any atom is -0.373 e. The van der Waals surface area contributed by atoms with Gasteiger partial charge >= 0.3 is 0 Å². The standard InChI is InChI=1S/C2H6N2O/c1-3-4-2-5/h5H,2H2,1H3/b4-3+. The summed E-state index contributed by atoms with van der Waals surface area (Å²) in [4.78, 5) is 0. The Balaban J connectivity index is 2.62. The van der Waals surface area contributed by atoms with E-state index < -0.39 is 0 Å². The van der Waals surface area contributed by atoms with E-state index in [0.29, 0.717) is 0 Å². The van der Waals surface area contributed by atoms with Crippen LogP contribution in [0.5, 0.6) is 0 Å². The van der Waals surface area contributed by atoms with Gasteiger partial charge in [0.05, 0.1) is 0 Å². The molecule has 0 fully saturated rings. The molecule has 1 N–H and O–H groups in total. The lowest BCUT2D eigenvalue weighted by Gasteiger charge is -1.67. The van der Waals surface area contributed by atoms with Gasteiger partial charge in [-0.2, -0.15) is 10.2 Å². The average Bonchev–Trinajstić information content (AvgIpc) is 1.41. The van der Waals surface area contributed by atoms with E-state index in [1.165, 1.54) is 7.05 Å². The number of nitrogens with zero attached hydrogens (tertiary/aromatic N) is 2. The molecule has 0 rings (SSSR count). The van der Waals surface area contributed by atoms with Gasteiger partial charge in [-0.15, -0.1) is 0 Å². The van der Waals surface area contributed by atoms with Crippen LogP contribution >= 0.6 is 0 Å². The highest BCUT2D eigenvalue weighted by Crippen LogP contribution is 1.58. The third kappa shape index (κ3) is 3.56. The minimum atomic E-state index is -0.198. The summed E-state index contributed by atoms with van der Waals surface area (Å²) >= 11 is 0. The lowest BCUT2D eigenvalue weighted by Crippen LogP contribution is -1.65. The zero-order valence-corrected chi connectivity index (χ0v) is 3.05. The SMILES string of the molecule is C/N=N/CO. The number of hydrogen-bond acceptors (Lipinski definition) is 3. The molecule has 3 nitrogen and oxygen atoms in total. The van der Waals surface area contributed by atoms with E-state index in [2.05, 4.69) is 10.2 Å². The van der Waals surface area contributed by atoms with Crippen molar-refractivity contribution in [3.05, 3.63) is 0 Å². The summed E-state index contributed by atoms with van der Waals surface area (Å²) in [7, 11) is 1.51. The second-order valence-corrected chi connectivity index (χ2v) is 0.483. The fourth-order valence-corrected chi connectivity index (χ4v) is 0.0632. The largest absolute Gasteiger partial charge is 0.373 e. The lowest BCUT2D eigenvalue weighted by atomic mass is 11.3. The summed E-state index contributed by atoms with van der Waals surface area (Å²) in [5, 5.41) is 14.2. The molecule has 0 aliphatic heterocycles. The van der Waals surface area contributed by atoms with Crippen LogP contribution in [0, 0.1) is 0 Å². The van der Waals surface area contributed by atoms with Gasteiger partial charge in [0.15, 0.2) is 6.73 Å². The Bertz CT molecular complexity index is 34.6. The molecule has 0 heterocycles. The third-order valence-electron chi connectivity index (χ3n) is 0.205. The predicted octanol–water partition coefficient (Wildman–Crippen LogP) is 0.0182. The Morgan fingerprint density at radius 1 is 1.80 bits per heavy atom. The fraction of sp³-hybridized carbons (Fsp3) is 1.00. The van der Waals surface area contributed by atoms with Crippen molar-refractivity contribution in [1.82, 2.24) is 0 Å². The molecule has 0 spiro atoms. The maximum absolute atomic E-state index is 7.81. The fourth-order valence-electron chi connectivity index (χ4n) is 0.0632. The van der Waals surface area contributed by atoms with Crippen LogP contribution in [0.3, 0.4) is 0 Å². The highest BCUT2D eigenvalue weighted by atomic mass is 16.3. The van der Waals surface area contributed by atoms with E-state index in [1.807, 2.05) is 0 Å². The number of aliphatic hydroxyl groups is 1. The number of azo groups is 1. The van der Waals surface area contributed by atoms with Gasteiger partial charge in [0, 0.05) is 7.05 Å². The lowest BCUT2D eigenvalue weighted by molar-refractivity contribution is 0.300. The molecular formula is C2H6N2O. The van der Waals surface area contributed by atoms with E-state index >= 15 is 0 Å². The first-order chi connectivity index (χ1) is 2.41. The van der Waals surface area contributed by atoms with Crippen molar-refractivity contribution in [3.8, 4) is 0 Å². The smallest absolute Gasteiger partial charge is 0.154 e. The molecule has 0 aliphatic carbocycles. The van der Waals surface area contributed by atoms with Crippen LogP contribution in [0.1, 0.15) is 0 Å². The van der Waals surface area contributed by atoms with Crippen molar-refractivity contribution in [2.24, 2.45) is 10.2 Å². The molecule has 0 aliphatic rings. The molecule has 0 saturated heterocycles. The van der Waals surface area contributed by atoms with Crippen LogP contribution in [0.4, 0.5) is 0 Å². The first-order valence-electron chi connectivity index (χ1n) is 1.28. The van der Waals surface area contributed by atoms with Gasteiger partial charge in [-0.05, 0) is 0 Å². The van der Waals surface area contributed by atoms with Crippen LogP contribution in [-0.4, -0.2) is 18.9 Å². The molecule has 3 heteroatoms. The first-order valence-corrected chi connectivity index (χ1v) is 1.28. The van der Waals surface area contributed by atoms with E-state index in [-0.39, 0.29) is 6.73 Å². The first kappa shape index (κ1) is 4.56. The normalized spacial score (nSPS) is 10.0. The van der Waals surface area contributed by atoms with Crippen LogP contribution in [0.15, 0.2) is 10.2 Å². The van der Waals surface area contributed by atoms with Crippen molar-refractivity contribution in [1.29, 1.82) is 0 Å². The highest BCUT2D eigenvalue weighted by Gasteiger charge is 1.52. The zero-order valence-electron chi connectivity index (χ0n) is 3.05. The van der Waals surface area contributed by atoms with Gasteiger partial charge in [0.1, 0.15) is 0 Å². The minimum absolute atomic E-state index is 0.198. The maximum Gasteiger partial charge on any atom is 0.154 e. The molecule has 0 radical (unpaired) electrons. The second kappa shape index (κ2) is 3.56. The zero-order chi connectivity index (χ0) is 4.12. The second-order valence-electron chi connectivity index (χ2n) is 0.483. The topological polar surface area (TPSA) is 45.0 Å². The highest BCUT2D eigenvalue weighted by molar-refractivity contribution is 4.05. The molecule has 0 aromatic carbocycles. The van der Waals surface area contributed by atoms with Gasteiger partial charge in [-0.25, -0.2) is 0 Å². The monoisotopic (exact) mass is 74.0 g/mol. The number of rotatable bonds is 1. The van der Waals surface area contributed by atoms with E-state index in [9.17, 15) is 0 Å². The molecule has 0 aromatic heterocycles. The predicted molar refractivity (Wildman–Crippen MR) is 17.9 cm³/mol. The van der Waals surface area contributed by atoms with Crippen molar-refractivity contribution >= 4 is 0 Å². The van der Waals surface area contributed by atoms with E-state index in [1.54, 1.807) is 0 Å². The Morgan fingerprint density at radius 3 is 2.40 bits per heavy atom. The van der Waals surface area contributed by atoms with Gasteiger partial charge in [0.25, 0.3) is 0 Å². The van der Waals surface area contributed by atoms with Crippen molar-refractivity contribution < 1.29 is 5.11 Å². The number of hydrogen-bond donors (Lipinski definition) is 1. The summed E-state index contributed by atoms with van der Waals surface area (Å²) in [6.45, 7) is -0.198. The summed E-state index contributed by atoms with van der Waals surface area (Å²) < 4.78 is 0. The summed E-state index contributed by atoms with van der Waals surface area (Å²) in [5.41, 5.74) is 0. The third-order valence-corrected chi connectivity index (χ3v) is 0.205. The van der Waals surface area contributed by atoms with E-state index in [0.717, 1.165) is 0 Å². The Kier molecular flexibility index (Phi) is 3.25. The summed E-state index contributed by atoms with van der Waals surface area (Å²) in [5.74, 6) is 0. The molecule has 0 unspecified atom stereocenters. The van der Waals surface area contributed by atoms with E-state index in [4.69, 9.17) is 5.11 Å². The van der Waals surface area contributed by atoms with Crippen LogP contribution < -0.4 is 0 Å². The quantitative estimate of drug-likeness (QED) is 0.438. The Morgan fingerprint density at radius 2 is 2.40 bits per heavy atom. The average molecular weight is 74.1 g/mol. The molecule has 30 valence electrons. The van der Waals surface area contributed by atoms with Gasteiger partial charge in [-0.1, -0.05) is 0 Å². The van der Waals surface area contributed by atoms with Gasteiger partial charge < -0.3 is 5.11 Å². The van der Waals surface area contributed by atoms with Crippen LogP contribution in [-0.2, 0) is 0 Å². The molecule has 0 saturated carbocycles. The van der Waals surface area contributed by atoms with Crippen LogP contribution in [0.2, 0.25) is 0 Å². The van der Waals surface area contributed by atoms with Gasteiger partial charge in [0.2, 0.25) is 0 Å². The maximum atomic E-state index is 7.81. The molecule has 0 aromatic rings. The Labute approximate surface area is 30.3 Å². The summed E-state index contributed by atoms with van der Waals surface area (Å²) in [6, 6.07) is 0. The van der Waals surface area contributed by atoms with Crippen molar-refractivity contribution in [2.75, 3.05) is 13.8 Å². The van der Waals surface area contributed by atoms with Crippen LogP contribution in [0.25, 0.3) is 0 Å². The van der Waals surface area contributed by atoms with Crippen molar-refractivity contribution in [3.63, 3.8) is 0 Å². The molecule has 5 heavy (non-hydrogen) atoms. The molecular weight excluding hydrogens is 68.0 g/mol. The number of aliphatic hydroxyl groups excluding tert-OH is 1. The molecule has 0 amide bonds.